The Bertz CT molecular complexity index is 1280. The van der Waals surface area contributed by atoms with E-state index in [4.69, 9.17) is 13.6 Å². The third-order valence-electron chi connectivity index (χ3n) is 4.55. The van der Waals surface area contributed by atoms with E-state index < -0.39 is 5.97 Å². The summed E-state index contributed by atoms with van der Waals surface area (Å²) in [6, 6.07) is 1.79. The Kier molecular flexibility index (Phi) is 4.79. The molecule has 0 atom stereocenters. The van der Waals surface area contributed by atoms with Gasteiger partial charge in [0.05, 0.1) is 17.3 Å². The minimum Gasteiger partial charge on any atom is -0.466 e. The quantitative estimate of drug-likeness (QED) is 0.458. The third kappa shape index (κ3) is 3.58. The molecule has 4 aromatic heterocycles. The Morgan fingerprint density at radius 3 is 2.72 bits per heavy atom. The summed E-state index contributed by atoms with van der Waals surface area (Å²) in [5.74, 6) is 1.23. The Hall–Kier alpha value is -3.27. The van der Waals surface area contributed by atoms with Crippen LogP contribution in [-0.2, 0) is 22.7 Å². The van der Waals surface area contributed by atoms with Gasteiger partial charge in [-0.2, -0.15) is 0 Å². The van der Waals surface area contributed by atoms with Gasteiger partial charge in [-0.1, -0.05) is 0 Å². The van der Waals surface area contributed by atoms with Gasteiger partial charge >= 0.3 is 5.97 Å². The van der Waals surface area contributed by atoms with Gasteiger partial charge < -0.3 is 13.6 Å². The zero-order valence-corrected chi connectivity index (χ0v) is 17.1. The zero-order valence-electron chi connectivity index (χ0n) is 16.3. The van der Waals surface area contributed by atoms with E-state index in [1.54, 1.807) is 13.0 Å². The van der Waals surface area contributed by atoms with Gasteiger partial charge in [-0.25, -0.2) is 4.98 Å². The number of thiophene rings is 1. The van der Waals surface area contributed by atoms with Crippen LogP contribution in [0.4, 0.5) is 0 Å². The first-order valence-corrected chi connectivity index (χ1v) is 9.65. The summed E-state index contributed by atoms with van der Waals surface area (Å²) < 4.78 is 17.4. The first-order chi connectivity index (χ1) is 13.8. The molecule has 0 unspecified atom stereocenters. The summed E-state index contributed by atoms with van der Waals surface area (Å²) in [7, 11) is 0. The summed E-state index contributed by atoms with van der Waals surface area (Å²) in [5.41, 5.74) is 1.31. The highest BCUT2D eigenvalue weighted by Crippen LogP contribution is 2.26. The molecule has 29 heavy (non-hydrogen) atoms. The average Bonchev–Trinajstić information content (AvgIpc) is 3.34. The fraction of sp³-hybridized carbons (Fsp3) is 0.316. The van der Waals surface area contributed by atoms with Crippen LogP contribution in [-0.4, -0.2) is 25.7 Å². The topological polar surface area (TPSA) is 113 Å². The van der Waals surface area contributed by atoms with Crippen molar-refractivity contribution in [2.75, 3.05) is 0 Å². The second kappa shape index (κ2) is 7.28. The molecule has 150 valence electrons. The molecule has 0 saturated heterocycles. The van der Waals surface area contributed by atoms with Gasteiger partial charge in [0.25, 0.3) is 17.3 Å². The van der Waals surface area contributed by atoms with E-state index in [9.17, 15) is 9.59 Å². The van der Waals surface area contributed by atoms with Gasteiger partial charge in [-0.15, -0.1) is 21.5 Å². The smallest absolute Gasteiger partial charge is 0.326 e. The number of esters is 1. The van der Waals surface area contributed by atoms with E-state index in [2.05, 4.69) is 15.2 Å². The molecule has 0 amide bonds. The van der Waals surface area contributed by atoms with E-state index in [1.807, 2.05) is 20.8 Å². The molecule has 4 rings (SSSR count). The maximum atomic E-state index is 12.6. The number of ether oxygens (including phenoxy) is 1. The fourth-order valence-corrected chi connectivity index (χ4v) is 3.96. The minimum atomic E-state index is -0.604. The summed E-state index contributed by atoms with van der Waals surface area (Å²) in [4.78, 5) is 30.8. The van der Waals surface area contributed by atoms with Crippen LogP contribution in [0.3, 0.4) is 0 Å². The van der Waals surface area contributed by atoms with Gasteiger partial charge in [-0.3, -0.25) is 14.2 Å². The number of aryl methyl sites for hydroxylation is 4. The second-order valence-corrected chi connectivity index (χ2v) is 7.83. The normalized spacial score (nSPS) is 11.3. The Morgan fingerprint density at radius 2 is 2.00 bits per heavy atom. The van der Waals surface area contributed by atoms with Crippen molar-refractivity contribution in [1.29, 1.82) is 0 Å². The van der Waals surface area contributed by atoms with Crippen LogP contribution < -0.4 is 5.56 Å². The number of fused-ring (bicyclic) bond motifs is 1. The lowest BCUT2D eigenvalue weighted by Crippen LogP contribution is -2.25. The number of carbonyl (C=O) groups is 1. The molecule has 4 aromatic rings. The number of furan rings is 1. The van der Waals surface area contributed by atoms with Crippen molar-refractivity contribution in [3.05, 3.63) is 50.6 Å². The highest BCUT2D eigenvalue weighted by Gasteiger charge is 2.17. The van der Waals surface area contributed by atoms with Crippen molar-refractivity contribution in [2.45, 2.75) is 40.8 Å². The zero-order chi connectivity index (χ0) is 20.7. The molecular weight excluding hydrogens is 396 g/mol. The summed E-state index contributed by atoms with van der Waals surface area (Å²) >= 11 is 1.46. The van der Waals surface area contributed by atoms with Gasteiger partial charge in [0.2, 0.25) is 0 Å². The summed E-state index contributed by atoms with van der Waals surface area (Å²) in [5, 5.41) is 8.37. The highest BCUT2D eigenvalue weighted by molar-refractivity contribution is 7.18. The van der Waals surface area contributed by atoms with Crippen LogP contribution in [0.2, 0.25) is 0 Å². The van der Waals surface area contributed by atoms with Gasteiger partial charge in [0, 0.05) is 4.88 Å². The lowest BCUT2D eigenvalue weighted by atomic mass is 10.2. The SMILES string of the molecule is Cc1cc(-c2nnc(COC(=O)Cn3cnc4sc(C)c(C)c4c3=O)o2)c(C)o1. The highest BCUT2D eigenvalue weighted by atomic mass is 32.1. The van der Waals surface area contributed by atoms with Crippen molar-refractivity contribution in [3.8, 4) is 11.5 Å². The van der Waals surface area contributed by atoms with E-state index in [-0.39, 0.29) is 24.6 Å². The number of hydrogen-bond acceptors (Lipinski definition) is 9. The second-order valence-electron chi connectivity index (χ2n) is 6.63. The van der Waals surface area contributed by atoms with Gasteiger partial charge in [-0.05, 0) is 39.3 Å². The van der Waals surface area contributed by atoms with Crippen molar-refractivity contribution in [2.24, 2.45) is 0 Å². The molecule has 0 aliphatic carbocycles. The van der Waals surface area contributed by atoms with Crippen molar-refractivity contribution in [3.63, 3.8) is 0 Å². The van der Waals surface area contributed by atoms with Crippen molar-refractivity contribution in [1.82, 2.24) is 19.7 Å². The first kappa shape index (κ1) is 19.1. The predicted octanol–water partition coefficient (Wildman–Crippen LogP) is 3.08. The largest absolute Gasteiger partial charge is 0.466 e. The van der Waals surface area contributed by atoms with Crippen molar-refractivity contribution >= 4 is 27.5 Å². The summed E-state index contributed by atoms with van der Waals surface area (Å²) in [6.07, 6.45) is 1.36. The fourth-order valence-electron chi connectivity index (χ4n) is 2.97. The number of carbonyl (C=O) groups excluding carboxylic acids is 1. The Balaban J connectivity index is 1.44. The van der Waals surface area contributed by atoms with E-state index in [0.717, 1.165) is 16.2 Å². The van der Waals surface area contributed by atoms with Crippen LogP contribution >= 0.6 is 11.3 Å². The van der Waals surface area contributed by atoms with E-state index >= 15 is 0 Å². The Labute approximate surface area is 169 Å². The van der Waals surface area contributed by atoms with Crippen LogP contribution in [0, 0.1) is 27.7 Å². The van der Waals surface area contributed by atoms with Crippen LogP contribution in [0.15, 0.2) is 26.0 Å². The summed E-state index contributed by atoms with van der Waals surface area (Å²) in [6.45, 7) is 6.98. The predicted molar refractivity (Wildman–Crippen MR) is 105 cm³/mol. The van der Waals surface area contributed by atoms with E-state index in [1.165, 1.54) is 22.2 Å². The standard InChI is InChI=1S/C19H18N4O5S/c1-9-5-13(11(3)27-9)17-22-21-14(28-17)7-26-15(24)6-23-8-20-18-16(19(23)25)10(2)12(4)29-18/h5,8H,6-7H2,1-4H3. The molecule has 0 bridgehead atoms. The molecule has 0 radical (unpaired) electrons. The van der Waals surface area contributed by atoms with E-state index in [0.29, 0.717) is 27.4 Å². The molecular formula is C19H18N4O5S. The molecule has 0 N–H and O–H groups in total. The molecule has 10 heteroatoms. The molecule has 0 aromatic carbocycles. The van der Waals surface area contributed by atoms with Crippen LogP contribution in [0.25, 0.3) is 21.7 Å². The van der Waals surface area contributed by atoms with Crippen molar-refractivity contribution < 1.29 is 18.4 Å². The molecule has 0 saturated carbocycles. The molecule has 4 heterocycles. The molecule has 0 spiro atoms. The number of rotatable bonds is 5. The lowest BCUT2D eigenvalue weighted by Gasteiger charge is -2.05. The van der Waals surface area contributed by atoms with Gasteiger partial charge in [0.15, 0.2) is 6.61 Å². The molecule has 0 fully saturated rings. The number of hydrogen-bond donors (Lipinski definition) is 0. The van der Waals surface area contributed by atoms with Crippen LogP contribution in [0.1, 0.15) is 27.9 Å². The number of nitrogens with zero attached hydrogens (tertiary/aromatic N) is 4. The first-order valence-electron chi connectivity index (χ1n) is 8.84. The monoisotopic (exact) mass is 414 g/mol. The van der Waals surface area contributed by atoms with Gasteiger partial charge in [0.1, 0.15) is 22.9 Å². The Morgan fingerprint density at radius 1 is 1.21 bits per heavy atom. The molecule has 0 aliphatic rings. The third-order valence-corrected chi connectivity index (χ3v) is 5.67. The minimum absolute atomic E-state index is 0.150. The maximum absolute atomic E-state index is 12.6. The average molecular weight is 414 g/mol. The number of aromatic nitrogens is 4. The lowest BCUT2D eigenvalue weighted by molar-refractivity contribution is -0.146. The molecule has 9 nitrogen and oxygen atoms in total. The maximum Gasteiger partial charge on any atom is 0.326 e. The van der Waals surface area contributed by atoms with Crippen LogP contribution in [0.5, 0.6) is 0 Å². The molecule has 0 aliphatic heterocycles.